The minimum atomic E-state index is -1.08. The number of rotatable bonds is 6. The molecule has 0 radical (unpaired) electrons. The molecule has 3 rings (SSSR count). The highest BCUT2D eigenvalue weighted by molar-refractivity contribution is 5.87. The molecule has 1 heterocycles. The molecule has 0 saturated heterocycles. The zero-order valence-electron chi connectivity index (χ0n) is 16.0. The van der Waals surface area contributed by atoms with Gasteiger partial charge in [0.2, 0.25) is 5.75 Å². The van der Waals surface area contributed by atoms with Gasteiger partial charge in [-0.2, -0.15) is 0 Å². The van der Waals surface area contributed by atoms with Crippen LogP contribution in [0.3, 0.4) is 0 Å². The molecule has 2 aromatic rings. The van der Waals surface area contributed by atoms with Crippen molar-refractivity contribution in [2.24, 2.45) is 0 Å². The van der Waals surface area contributed by atoms with E-state index in [2.05, 4.69) is 4.74 Å². The number of carboxylic acids is 1. The van der Waals surface area contributed by atoms with E-state index in [-0.39, 0.29) is 17.2 Å². The number of phenols is 1. The number of carbonyl (C=O) groups is 2. The molecule has 0 bridgehead atoms. The summed E-state index contributed by atoms with van der Waals surface area (Å²) in [7, 11) is 4.04. The molecular formula is C21H20O8. The lowest BCUT2D eigenvalue weighted by molar-refractivity contribution is -0.140. The number of esters is 1. The van der Waals surface area contributed by atoms with Gasteiger partial charge in [0.1, 0.15) is 17.8 Å². The van der Waals surface area contributed by atoms with Crippen molar-refractivity contribution < 1.29 is 38.7 Å². The quantitative estimate of drug-likeness (QED) is 0.562. The molecule has 0 spiro atoms. The summed E-state index contributed by atoms with van der Waals surface area (Å²) in [5.41, 5.74) is 1.58. The smallest absolute Gasteiger partial charge is 0.330 e. The fourth-order valence-electron chi connectivity index (χ4n) is 3.22. The second-order valence-electron chi connectivity index (χ2n) is 6.28. The Morgan fingerprint density at radius 3 is 2.28 bits per heavy atom. The van der Waals surface area contributed by atoms with Crippen molar-refractivity contribution in [3.63, 3.8) is 0 Å². The van der Waals surface area contributed by atoms with Gasteiger partial charge in [0.15, 0.2) is 11.5 Å². The number of ether oxygens (including phenoxy) is 4. The molecule has 0 fully saturated rings. The number of carboxylic acid groups (broad SMARTS) is 1. The number of carbonyl (C=O) groups excluding carboxylic acids is 1. The van der Waals surface area contributed by atoms with E-state index in [0.29, 0.717) is 22.4 Å². The highest BCUT2D eigenvalue weighted by atomic mass is 16.5. The minimum absolute atomic E-state index is 0.143. The Labute approximate surface area is 166 Å². The maximum Gasteiger partial charge on any atom is 0.330 e. The van der Waals surface area contributed by atoms with Crippen molar-refractivity contribution in [2.45, 2.75) is 12.0 Å². The molecule has 0 unspecified atom stereocenters. The molecule has 0 amide bonds. The highest BCUT2D eigenvalue weighted by Gasteiger charge is 2.41. The fourth-order valence-corrected chi connectivity index (χ4v) is 3.22. The average Bonchev–Trinajstić information content (AvgIpc) is 3.11. The third-order valence-electron chi connectivity index (χ3n) is 4.64. The van der Waals surface area contributed by atoms with Crippen molar-refractivity contribution in [2.75, 3.05) is 21.3 Å². The maximum atomic E-state index is 12.1. The summed E-state index contributed by atoms with van der Waals surface area (Å²) < 4.78 is 20.8. The number of aliphatic carboxylic acids is 1. The molecule has 29 heavy (non-hydrogen) atoms. The number of phenolic OH excluding ortho intramolecular Hbond substituents is 1. The Kier molecular flexibility index (Phi) is 5.63. The van der Waals surface area contributed by atoms with Crippen LogP contribution in [0.4, 0.5) is 0 Å². The van der Waals surface area contributed by atoms with Crippen molar-refractivity contribution in [3.8, 4) is 23.0 Å². The zero-order valence-corrected chi connectivity index (χ0v) is 16.0. The number of methoxy groups -OCH3 is 3. The van der Waals surface area contributed by atoms with E-state index >= 15 is 0 Å². The van der Waals surface area contributed by atoms with Gasteiger partial charge in [-0.05, 0) is 35.9 Å². The fraction of sp³-hybridized carbons (Fsp3) is 0.238. The first-order valence-corrected chi connectivity index (χ1v) is 8.64. The van der Waals surface area contributed by atoms with Gasteiger partial charge in [0, 0.05) is 17.2 Å². The number of hydrogen-bond acceptors (Lipinski definition) is 7. The van der Waals surface area contributed by atoms with Crippen molar-refractivity contribution in [1.82, 2.24) is 0 Å². The Bertz CT molecular complexity index is 954. The monoisotopic (exact) mass is 400 g/mol. The average molecular weight is 400 g/mol. The number of benzene rings is 2. The molecule has 8 heteroatoms. The van der Waals surface area contributed by atoms with Crippen molar-refractivity contribution in [3.05, 3.63) is 53.1 Å². The SMILES string of the molecule is COC(=O)/C=C/c1ccc2c(c1)[C@@H](C(=O)O)[C@H](c1cc(OC)c(O)c(OC)c1)O2. The summed E-state index contributed by atoms with van der Waals surface area (Å²) in [6.07, 6.45) is 1.93. The molecule has 2 aromatic carbocycles. The standard InChI is InChI=1S/C21H20O8/c1-26-15-9-12(10-16(27-2)19(15)23)20-18(21(24)25)13-8-11(4-6-14(13)29-20)5-7-17(22)28-3/h4-10,18,20,23H,1-3H3,(H,24,25)/b7-5+/t18-,20+/m1/s1. The van der Waals surface area contributed by atoms with E-state index < -0.39 is 24.0 Å². The first-order valence-electron chi connectivity index (χ1n) is 8.64. The van der Waals surface area contributed by atoms with E-state index in [4.69, 9.17) is 14.2 Å². The normalized spacial score (nSPS) is 17.5. The van der Waals surface area contributed by atoms with Gasteiger partial charge in [0.25, 0.3) is 0 Å². The van der Waals surface area contributed by atoms with Crippen LogP contribution in [0.25, 0.3) is 6.08 Å². The van der Waals surface area contributed by atoms with Crippen LogP contribution >= 0.6 is 0 Å². The van der Waals surface area contributed by atoms with Gasteiger partial charge in [-0.3, -0.25) is 4.79 Å². The van der Waals surface area contributed by atoms with Crippen molar-refractivity contribution >= 4 is 18.0 Å². The van der Waals surface area contributed by atoms with Gasteiger partial charge in [-0.25, -0.2) is 4.79 Å². The Morgan fingerprint density at radius 1 is 1.07 bits per heavy atom. The first kappa shape index (κ1) is 20.1. The lowest BCUT2D eigenvalue weighted by Gasteiger charge is -2.19. The van der Waals surface area contributed by atoms with E-state index in [1.165, 1.54) is 45.6 Å². The van der Waals surface area contributed by atoms with Crippen LogP contribution in [0, 0.1) is 0 Å². The number of hydrogen-bond donors (Lipinski definition) is 2. The Morgan fingerprint density at radius 2 is 1.72 bits per heavy atom. The Hall–Kier alpha value is -3.68. The molecule has 1 aliphatic heterocycles. The summed E-state index contributed by atoms with van der Waals surface area (Å²) in [5, 5.41) is 20.0. The van der Waals surface area contributed by atoms with E-state index in [9.17, 15) is 19.8 Å². The van der Waals surface area contributed by atoms with Gasteiger partial charge >= 0.3 is 11.9 Å². The first-order chi connectivity index (χ1) is 13.9. The van der Waals surface area contributed by atoms with Crippen LogP contribution in [0.1, 0.15) is 28.7 Å². The molecule has 0 saturated carbocycles. The van der Waals surface area contributed by atoms with Gasteiger partial charge < -0.3 is 29.2 Å². The lowest BCUT2D eigenvalue weighted by atomic mass is 9.90. The van der Waals surface area contributed by atoms with E-state index in [1.807, 2.05) is 0 Å². The summed E-state index contributed by atoms with van der Waals surface area (Å²) in [6, 6.07) is 8.04. The van der Waals surface area contributed by atoms with Gasteiger partial charge in [0.05, 0.1) is 21.3 Å². The van der Waals surface area contributed by atoms with Gasteiger partial charge in [-0.15, -0.1) is 0 Å². The summed E-state index contributed by atoms with van der Waals surface area (Å²) in [4.78, 5) is 23.4. The van der Waals surface area contributed by atoms with Crippen LogP contribution in [-0.2, 0) is 14.3 Å². The molecular weight excluding hydrogens is 380 g/mol. The summed E-state index contributed by atoms with van der Waals surface area (Å²) in [5.74, 6) is -2.07. The van der Waals surface area contributed by atoms with Crippen LogP contribution in [0.2, 0.25) is 0 Å². The van der Waals surface area contributed by atoms with Crippen molar-refractivity contribution in [1.29, 1.82) is 0 Å². The molecule has 0 aromatic heterocycles. The molecule has 0 aliphatic carbocycles. The van der Waals surface area contributed by atoms with Crippen LogP contribution in [0.5, 0.6) is 23.0 Å². The molecule has 2 atom stereocenters. The maximum absolute atomic E-state index is 12.1. The third-order valence-corrected chi connectivity index (χ3v) is 4.64. The van der Waals surface area contributed by atoms with E-state index in [1.54, 1.807) is 18.2 Å². The molecule has 152 valence electrons. The van der Waals surface area contributed by atoms with E-state index in [0.717, 1.165) is 0 Å². The van der Waals surface area contributed by atoms with Gasteiger partial charge in [-0.1, -0.05) is 6.07 Å². The summed E-state index contributed by atoms with van der Waals surface area (Å²) >= 11 is 0. The topological polar surface area (TPSA) is 112 Å². The third kappa shape index (κ3) is 3.82. The largest absolute Gasteiger partial charge is 0.502 e. The molecule has 8 nitrogen and oxygen atoms in total. The number of aromatic hydroxyl groups is 1. The lowest BCUT2D eigenvalue weighted by Crippen LogP contribution is -2.18. The predicted molar refractivity (Wildman–Crippen MR) is 102 cm³/mol. The minimum Gasteiger partial charge on any atom is -0.502 e. The number of fused-ring (bicyclic) bond motifs is 1. The second kappa shape index (κ2) is 8.14. The predicted octanol–water partition coefficient (Wildman–Crippen LogP) is 2.90. The molecule has 2 N–H and O–H groups in total. The van der Waals surface area contributed by atoms with Crippen LogP contribution < -0.4 is 14.2 Å². The second-order valence-corrected chi connectivity index (χ2v) is 6.28. The highest BCUT2D eigenvalue weighted by Crippen LogP contribution is 2.49. The Balaban J connectivity index is 2.03. The van der Waals surface area contributed by atoms with Crippen LogP contribution in [-0.4, -0.2) is 43.5 Å². The summed E-state index contributed by atoms with van der Waals surface area (Å²) in [6.45, 7) is 0. The molecule has 1 aliphatic rings. The zero-order chi connectivity index (χ0) is 21.1. The van der Waals surface area contributed by atoms with Crippen LogP contribution in [0.15, 0.2) is 36.4 Å².